The van der Waals surface area contributed by atoms with Gasteiger partial charge in [0.15, 0.2) is 5.96 Å². The predicted molar refractivity (Wildman–Crippen MR) is 121 cm³/mol. The summed E-state index contributed by atoms with van der Waals surface area (Å²) >= 11 is 0. The fourth-order valence-corrected chi connectivity index (χ4v) is 3.52. The number of hydrogen-bond donors (Lipinski definition) is 2. The molecular weight excluding hydrogens is 374 g/mol. The van der Waals surface area contributed by atoms with Gasteiger partial charge in [-0.05, 0) is 49.2 Å². The number of aryl methyl sites for hydroxylation is 2. The van der Waals surface area contributed by atoms with Crippen LogP contribution in [0.2, 0.25) is 0 Å². The van der Waals surface area contributed by atoms with Crippen molar-refractivity contribution in [3.05, 3.63) is 78.4 Å². The maximum atomic E-state index is 4.63. The predicted octanol–water partition coefficient (Wildman–Crippen LogP) is 3.29. The summed E-state index contributed by atoms with van der Waals surface area (Å²) < 4.78 is 4.12. The first-order valence-corrected chi connectivity index (χ1v) is 10.2. The summed E-state index contributed by atoms with van der Waals surface area (Å²) in [6, 6.07) is 18.5. The first kappa shape index (κ1) is 19.7. The lowest BCUT2D eigenvalue weighted by Gasteiger charge is -2.13. The molecule has 0 aliphatic carbocycles. The maximum Gasteiger partial charge on any atom is 0.191 e. The van der Waals surface area contributed by atoms with Crippen molar-refractivity contribution in [2.45, 2.75) is 26.4 Å². The number of guanidine groups is 1. The van der Waals surface area contributed by atoms with Crippen LogP contribution in [0.4, 0.5) is 0 Å². The van der Waals surface area contributed by atoms with Crippen LogP contribution in [0.15, 0.2) is 72.0 Å². The summed E-state index contributed by atoms with van der Waals surface area (Å²) in [6.07, 6.45) is 4.70. The highest BCUT2D eigenvalue weighted by atomic mass is 15.3. The van der Waals surface area contributed by atoms with Crippen molar-refractivity contribution in [3.63, 3.8) is 0 Å². The number of rotatable bonds is 7. The number of nitrogens with one attached hydrogen (secondary N) is 2. The largest absolute Gasteiger partial charge is 0.356 e. The van der Waals surface area contributed by atoms with E-state index in [0.29, 0.717) is 6.54 Å². The zero-order valence-electron chi connectivity index (χ0n) is 17.4. The van der Waals surface area contributed by atoms with Crippen LogP contribution in [0.25, 0.3) is 16.7 Å². The molecule has 0 unspecified atom stereocenters. The Kier molecular flexibility index (Phi) is 6.08. The van der Waals surface area contributed by atoms with E-state index in [2.05, 4.69) is 79.7 Å². The Morgan fingerprint density at radius 2 is 1.87 bits per heavy atom. The summed E-state index contributed by atoms with van der Waals surface area (Å²) in [5.74, 6) is 1.86. The fraction of sp³-hybridized carbons (Fsp3) is 0.261. The molecule has 4 aromatic rings. The minimum Gasteiger partial charge on any atom is -0.356 e. The molecule has 0 fully saturated rings. The molecule has 0 atom stereocenters. The van der Waals surface area contributed by atoms with Gasteiger partial charge in [0.25, 0.3) is 0 Å². The minimum atomic E-state index is 0.713. The number of hydrogen-bond acceptors (Lipinski definition) is 3. The molecule has 7 heteroatoms. The van der Waals surface area contributed by atoms with E-state index >= 15 is 0 Å². The number of para-hydroxylation sites is 2. The van der Waals surface area contributed by atoms with Crippen LogP contribution in [-0.4, -0.2) is 38.9 Å². The monoisotopic (exact) mass is 401 g/mol. The van der Waals surface area contributed by atoms with Crippen molar-refractivity contribution < 1.29 is 0 Å². The van der Waals surface area contributed by atoms with Gasteiger partial charge >= 0.3 is 0 Å². The Balaban J connectivity index is 1.24. The molecule has 0 bridgehead atoms. The Labute approximate surface area is 176 Å². The number of benzene rings is 2. The van der Waals surface area contributed by atoms with E-state index in [1.807, 2.05) is 23.0 Å². The molecule has 0 spiro atoms. The molecule has 154 valence electrons. The average Bonchev–Trinajstić information content (AvgIpc) is 3.42. The molecule has 0 saturated heterocycles. The second-order valence-corrected chi connectivity index (χ2v) is 7.12. The Morgan fingerprint density at radius 3 is 2.63 bits per heavy atom. The van der Waals surface area contributed by atoms with Gasteiger partial charge in [-0.25, -0.2) is 9.67 Å². The van der Waals surface area contributed by atoms with Gasteiger partial charge in [-0.3, -0.25) is 4.99 Å². The van der Waals surface area contributed by atoms with Crippen LogP contribution in [-0.2, 0) is 13.1 Å². The summed E-state index contributed by atoms with van der Waals surface area (Å²) in [5.41, 5.74) is 4.48. The van der Waals surface area contributed by atoms with Gasteiger partial charge in [0, 0.05) is 39.1 Å². The van der Waals surface area contributed by atoms with E-state index < -0.39 is 0 Å². The van der Waals surface area contributed by atoms with Gasteiger partial charge in [-0.2, -0.15) is 5.10 Å². The van der Waals surface area contributed by atoms with Crippen LogP contribution < -0.4 is 10.6 Å². The van der Waals surface area contributed by atoms with Gasteiger partial charge in [0.2, 0.25) is 0 Å². The molecule has 0 amide bonds. The van der Waals surface area contributed by atoms with Crippen molar-refractivity contribution in [1.29, 1.82) is 0 Å². The van der Waals surface area contributed by atoms with Crippen LogP contribution in [0.3, 0.4) is 0 Å². The molecule has 2 aromatic heterocycles. The van der Waals surface area contributed by atoms with E-state index in [4.69, 9.17) is 0 Å². The van der Waals surface area contributed by atoms with Crippen molar-refractivity contribution in [3.8, 4) is 5.69 Å². The van der Waals surface area contributed by atoms with Gasteiger partial charge in [0.05, 0.1) is 16.7 Å². The lowest BCUT2D eigenvalue weighted by atomic mass is 10.2. The first-order chi connectivity index (χ1) is 14.7. The molecule has 0 saturated carbocycles. The van der Waals surface area contributed by atoms with Gasteiger partial charge < -0.3 is 15.2 Å². The molecule has 0 radical (unpaired) electrons. The number of aromatic nitrogens is 4. The van der Waals surface area contributed by atoms with Gasteiger partial charge in [-0.1, -0.05) is 24.3 Å². The van der Waals surface area contributed by atoms with Crippen molar-refractivity contribution in [2.75, 3.05) is 13.6 Å². The number of fused-ring (bicyclic) bond motifs is 1. The zero-order valence-corrected chi connectivity index (χ0v) is 17.4. The molecule has 7 nitrogen and oxygen atoms in total. The Hall–Kier alpha value is -3.61. The topological polar surface area (TPSA) is 72.1 Å². The lowest BCUT2D eigenvalue weighted by Crippen LogP contribution is -2.37. The molecule has 2 N–H and O–H groups in total. The van der Waals surface area contributed by atoms with E-state index in [-0.39, 0.29) is 0 Å². The smallest absolute Gasteiger partial charge is 0.191 e. The van der Waals surface area contributed by atoms with E-state index in [0.717, 1.165) is 42.5 Å². The normalized spacial score (nSPS) is 11.7. The van der Waals surface area contributed by atoms with Crippen LogP contribution in [0.1, 0.15) is 17.8 Å². The molecular formula is C23H27N7. The van der Waals surface area contributed by atoms with E-state index in [1.54, 1.807) is 13.2 Å². The summed E-state index contributed by atoms with van der Waals surface area (Å²) in [7, 11) is 1.80. The van der Waals surface area contributed by atoms with Crippen molar-refractivity contribution in [1.82, 2.24) is 30.0 Å². The second kappa shape index (κ2) is 9.26. The van der Waals surface area contributed by atoms with E-state index in [1.165, 1.54) is 11.1 Å². The van der Waals surface area contributed by atoms with Crippen molar-refractivity contribution >= 4 is 17.0 Å². The highest BCUT2D eigenvalue weighted by Crippen LogP contribution is 2.15. The SMILES string of the molecule is CN=C(NCCCn1c(C)nc2ccccc21)NCc1ccc(-n2cccn2)cc1. The molecule has 4 rings (SSSR count). The Morgan fingerprint density at radius 1 is 1.03 bits per heavy atom. The lowest BCUT2D eigenvalue weighted by molar-refractivity contribution is 0.624. The van der Waals surface area contributed by atoms with Gasteiger partial charge in [0.1, 0.15) is 5.82 Å². The number of imidazole rings is 1. The highest BCUT2D eigenvalue weighted by molar-refractivity contribution is 5.79. The van der Waals surface area contributed by atoms with E-state index in [9.17, 15) is 0 Å². The summed E-state index contributed by atoms with van der Waals surface area (Å²) in [5, 5.41) is 11.0. The third kappa shape index (κ3) is 4.51. The zero-order chi connectivity index (χ0) is 20.8. The third-order valence-corrected chi connectivity index (χ3v) is 5.09. The minimum absolute atomic E-state index is 0.713. The number of nitrogens with zero attached hydrogens (tertiary/aromatic N) is 5. The van der Waals surface area contributed by atoms with Crippen LogP contribution in [0, 0.1) is 6.92 Å². The fourth-order valence-electron chi connectivity index (χ4n) is 3.52. The molecule has 2 aromatic carbocycles. The number of aliphatic imine (C=N–C) groups is 1. The van der Waals surface area contributed by atoms with Crippen molar-refractivity contribution in [2.24, 2.45) is 4.99 Å². The molecule has 2 heterocycles. The first-order valence-electron chi connectivity index (χ1n) is 10.2. The standard InChI is InChI=1S/C23H27N7/c1-18-28-21-7-3-4-8-22(21)29(18)15-5-13-25-23(24-2)26-17-19-9-11-20(12-10-19)30-16-6-14-27-30/h3-4,6-12,14,16H,5,13,15,17H2,1-2H3,(H2,24,25,26). The quantitative estimate of drug-likeness (QED) is 0.283. The van der Waals surface area contributed by atoms with Crippen LogP contribution >= 0.6 is 0 Å². The summed E-state index contributed by atoms with van der Waals surface area (Å²) in [6.45, 7) is 4.53. The van der Waals surface area contributed by atoms with Gasteiger partial charge in [-0.15, -0.1) is 0 Å². The Bertz CT molecular complexity index is 1110. The summed E-state index contributed by atoms with van der Waals surface area (Å²) in [4.78, 5) is 8.95. The average molecular weight is 402 g/mol. The highest BCUT2D eigenvalue weighted by Gasteiger charge is 2.06. The third-order valence-electron chi connectivity index (χ3n) is 5.09. The second-order valence-electron chi connectivity index (χ2n) is 7.12. The molecule has 30 heavy (non-hydrogen) atoms. The maximum absolute atomic E-state index is 4.63. The van der Waals surface area contributed by atoms with Crippen LogP contribution in [0.5, 0.6) is 0 Å². The molecule has 0 aliphatic rings. The molecule has 0 aliphatic heterocycles.